The zero-order valence-corrected chi connectivity index (χ0v) is 10.9. The molecule has 2 rings (SSSR count). The van der Waals surface area contributed by atoms with Gasteiger partial charge < -0.3 is 20.1 Å². The highest BCUT2D eigenvalue weighted by Crippen LogP contribution is 2.19. The molecule has 0 spiro atoms. The summed E-state index contributed by atoms with van der Waals surface area (Å²) >= 11 is 0. The topological polar surface area (TPSA) is 73.5 Å². The quantitative estimate of drug-likeness (QED) is 0.836. The first-order valence-corrected chi connectivity index (χ1v) is 6.22. The highest BCUT2D eigenvalue weighted by molar-refractivity contribution is 5.47. The van der Waals surface area contributed by atoms with Gasteiger partial charge >= 0.3 is 0 Å². The van der Waals surface area contributed by atoms with Gasteiger partial charge in [-0.15, -0.1) is 0 Å². The van der Waals surface area contributed by atoms with Crippen LogP contribution in [0, 0.1) is 0 Å². The lowest BCUT2D eigenvalue weighted by atomic mass is 10.2. The normalized spacial score (nSPS) is 19.1. The Balaban J connectivity index is 2.13. The molecule has 1 fully saturated rings. The van der Waals surface area contributed by atoms with Gasteiger partial charge in [-0.05, 0) is 13.3 Å². The van der Waals surface area contributed by atoms with Gasteiger partial charge in [0.2, 0.25) is 0 Å². The monoisotopic (exact) mass is 252 g/mol. The fourth-order valence-corrected chi connectivity index (χ4v) is 1.96. The predicted octanol–water partition coefficient (Wildman–Crippen LogP) is 0.820. The van der Waals surface area contributed by atoms with E-state index in [-0.39, 0.29) is 0 Å². The molecule has 2 N–H and O–H groups in total. The van der Waals surface area contributed by atoms with E-state index < -0.39 is 0 Å². The summed E-state index contributed by atoms with van der Waals surface area (Å²) in [5.41, 5.74) is 5.80. The standard InChI is InChI=1S/C12H20N4O2/c1-3-17-8-11-14-10(13)6-12(15-11)16(2)9-4-5-18-7-9/h6,9H,3-5,7-8H2,1-2H3,(H2,13,14,15). The minimum absolute atomic E-state index is 0.360. The Kier molecular flexibility index (Phi) is 4.33. The number of ether oxygens (including phenoxy) is 2. The molecule has 1 aromatic heterocycles. The van der Waals surface area contributed by atoms with E-state index in [1.54, 1.807) is 6.07 Å². The lowest BCUT2D eigenvalue weighted by Gasteiger charge is -2.24. The maximum absolute atomic E-state index is 5.80. The molecule has 6 nitrogen and oxygen atoms in total. The SMILES string of the molecule is CCOCc1nc(N)cc(N(C)C2CCOC2)n1. The molecule has 0 aromatic carbocycles. The number of rotatable bonds is 5. The first-order chi connectivity index (χ1) is 8.70. The summed E-state index contributed by atoms with van der Waals surface area (Å²) in [4.78, 5) is 10.7. The summed E-state index contributed by atoms with van der Waals surface area (Å²) in [6.45, 7) is 4.51. The van der Waals surface area contributed by atoms with Crippen LogP contribution in [0.1, 0.15) is 19.2 Å². The average Bonchev–Trinajstić information content (AvgIpc) is 2.88. The molecule has 0 radical (unpaired) electrons. The molecule has 1 aliphatic heterocycles. The number of nitrogens with zero attached hydrogens (tertiary/aromatic N) is 3. The number of hydrogen-bond donors (Lipinski definition) is 1. The van der Waals surface area contributed by atoms with E-state index in [0.717, 1.165) is 25.5 Å². The summed E-state index contributed by atoms with van der Waals surface area (Å²) in [6, 6.07) is 2.15. The van der Waals surface area contributed by atoms with Crippen LogP contribution >= 0.6 is 0 Å². The Morgan fingerprint density at radius 1 is 1.56 bits per heavy atom. The number of likely N-dealkylation sites (N-methyl/N-ethyl adjacent to an activating group) is 1. The minimum atomic E-state index is 0.360. The van der Waals surface area contributed by atoms with Crippen molar-refractivity contribution in [1.82, 2.24) is 9.97 Å². The average molecular weight is 252 g/mol. The van der Waals surface area contributed by atoms with Gasteiger partial charge in [0.25, 0.3) is 0 Å². The van der Waals surface area contributed by atoms with Gasteiger partial charge in [-0.25, -0.2) is 9.97 Å². The van der Waals surface area contributed by atoms with E-state index in [1.165, 1.54) is 0 Å². The van der Waals surface area contributed by atoms with E-state index in [0.29, 0.717) is 30.9 Å². The molecule has 100 valence electrons. The highest BCUT2D eigenvalue weighted by atomic mass is 16.5. The van der Waals surface area contributed by atoms with Gasteiger partial charge in [-0.2, -0.15) is 0 Å². The maximum atomic E-state index is 5.80. The van der Waals surface area contributed by atoms with Crippen LogP contribution in [-0.4, -0.2) is 42.9 Å². The number of hydrogen-bond acceptors (Lipinski definition) is 6. The van der Waals surface area contributed by atoms with Gasteiger partial charge in [0.05, 0.1) is 12.6 Å². The number of anilines is 2. The number of aromatic nitrogens is 2. The van der Waals surface area contributed by atoms with Crippen LogP contribution in [-0.2, 0) is 16.1 Å². The first-order valence-electron chi connectivity index (χ1n) is 6.22. The predicted molar refractivity (Wildman–Crippen MR) is 69.4 cm³/mol. The Hall–Kier alpha value is -1.40. The van der Waals surface area contributed by atoms with Crippen molar-refractivity contribution in [3.8, 4) is 0 Å². The Labute approximate surface area is 107 Å². The van der Waals surface area contributed by atoms with Crippen molar-refractivity contribution in [1.29, 1.82) is 0 Å². The minimum Gasteiger partial charge on any atom is -0.384 e. The second-order valence-corrected chi connectivity index (χ2v) is 4.33. The van der Waals surface area contributed by atoms with E-state index in [2.05, 4.69) is 14.9 Å². The van der Waals surface area contributed by atoms with Crippen molar-refractivity contribution in [3.63, 3.8) is 0 Å². The third kappa shape index (κ3) is 3.08. The largest absolute Gasteiger partial charge is 0.384 e. The van der Waals surface area contributed by atoms with Gasteiger partial charge in [0.15, 0.2) is 5.82 Å². The molecule has 1 unspecified atom stereocenters. The third-order valence-corrected chi connectivity index (χ3v) is 3.03. The second kappa shape index (κ2) is 5.97. The summed E-state index contributed by atoms with van der Waals surface area (Å²) in [7, 11) is 2.01. The molecule has 1 aromatic rings. The molecule has 1 aliphatic rings. The summed E-state index contributed by atoms with van der Waals surface area (Å²) in [5, 5.41) is 0. The zero-order chi connectivity index (χ0) is 13.0. The van der Waals surface area contributed by atoms with Crippen LogP contribution in [0.25, 0.3) is 0 Å². The van der Waals surface area contributed by atoms with Crippen molar-refractivity contribution in [3.05, 3.63) is 11.9 Å². The molecule has 0 saturated carbocycles. The lowest BCUT2D eigenvalue weighted by molar-refractivity contribution is 0.128. The molecule has 6 heteroatoms. The molecule has 0 aliphatic carbocycles. The molecular formula is C12H20N4O2. The van der Waals surface area contributed by atoms with Crippen LogP contribution in [0.15, 0.2) is 6.07 Å². The van der Waals surface area contributed by atoms with Crippen molar-refractivity contribution in [2.45, 2.75) is 26.0 Å². The van der Waals surface area contributed by atoms with E-state index in [4.69, 9.17) is 15.2 Å². The number of nitrogen functional groups attached to an aromatic ring is 1. The van der Waals surface area contributed by atoms with E-state index in [1.807, 2.05) is 14.0 Å². The van der Waals surface area contributed by atoms with Gasteiger partial charge in [-0.1, -0.05) is 0 Å². The first kappa shape index (κ1) is 13.0. The highest BCUT2D eigenvalue weighted by Gasteiger charge is 2.22. The molecule has 0 bridgehead atoms. The Morgan fingerprint density at radius 2 is 2.39 bits per heavy atom. The van der Waals surface area contributed by atoms with Crippen LogP contribution in [0.5, 0.6) is 0 Å². The second-order valence-electron chi connectivity index (χ2n) is 4.33. The van der Waals surface area contributed by atoms with Crippen LogP contribution in [0.4, 0.5) is 11.6 Å². The van der Waals surface area contributed by atoms with Crippen LogP contribution in [0.3, 0.4) is 0 Å². The molecule has 1 atom stereocenters. The van der Waals surface area contributed by atoms with Crippen LogP contribution in [0.2, 0.25) is 0 Å². The van der Waals surface area contributed by atoms with Crippen molar-refractivity contribution in [2.24, 2.45) is 0 Å². The zero-order valence-electron chi connectivity index (χ0n) is 10.9. The van der Waals surface area contributed by atoms with Crippen LogP contribution < -0.4 is 10.6 Å². The summed E-state index contributed by atoms with van der Waals surface area (Å²) < 4.78 is 10.7. The fraction of sp³-hybridized carbons (Fsp3) is 0.667. The lowest BCUT2D eigenvalue weighted by Crippen LogP contribution is -2.32. The maximum Gasteiger partial charge on any atom is 0.158 e. The smallest absolute Gasteiger partial charge is 0.158 e. The van der Waals surface area contributed by atoms with Crippen molar-refractivity contribution in [2.75, 3.05) is 37.5 Å². The molecule has 0 amide bonds. The molecule has 18 heavy (non-hydrogen) atoms. The van der Waals surface area contributed by atoms with Crippen molar-refractivity contribution < 1.29 is 9.47 Å². The van der Waals surface area contributed by atoms with E-state index >= 15 is 0 Å². The Morgan fingerprint density at radius 3 is 3.06 bits per heavy atom. The van der Waals surface area contributed by atoms with Gasteiger partial charge in [0.1, 0.15) is 18.2 Å². The van der Waals surface area contributed by atoms with E-state index in [9.17, 15) is 0 Å². The summed E-state index contributed by atoms with van der Waals surface area (Å²) in [5.74, 6) is 1.92. The fourth-order valence-electron chi connectivity index (χ4n) is 1.96. The van der Waals surface area contributed by atoms with Gasteiger partial charge in [0, 0.05) is 26.3 Å². The molecule has 1 saturated heterocycles. The Bertz CT molecular complexity index is 394. The summed E-state index contributed by atoms with van der Waals surface area (Å²) in [6.07, 6.45) is 1.02. The van der Waals surface area contributed by atoms with Crippen molar-refractivity contribution >= 4 is 11.6 Å². The molecule has 2 heterocycles. The number of nitrogens with two attached hydrogens (primary N) is 1. The van der Waals surface area contributed by atoms with Gasteiger partial charge in [-0.3, -0.25) is 0 Å². The third-order valence-electron chi connectivity index (χ3n) is 3.03. The molecular weight excluding hydrogens is 232 g/mol.